The molecule has 0 saturated carbocycles. The number of nitriles is 1. The molecule has 0 radical (unpaired) electrons. The monoisotopic (exact) mass is 389 g/mol. The summed E-state index contributed by atoms with van der Waals surface area (Å²) >= 11 is 3.43. The summed E-state index contributed by atoms with van der Waals surface area (Å²) < 4.78 is 6.92. The highest BCUT2D eigenvalue weighted by Gasteiger charge is 2.02. The van der Waals surface area contributed by atoms with Crippen LogP contribution in [0.4, 0.5) is 0 Å². The number of rotatable bonds is 5. The molecule has 122 valence electrons. The minimum absolute atomic E-state index is 0.504. The van der Waals surface area contributed by atoms with Crippen LogP contribution in [0.25, 0.3) is 11.6 Å². The van der Waals surface area contributed by atoms with E-state index in [1.807, 2.05) is 84.9 Å². The van der Waals surface area contributed by atoms with Gasteiger partial charge >= 0.3 is 0 Å². The Morgan fingerprint density at radius 2 is 1.72 bits per heavy atom. The first-order valence-electron chi connectivity index (χ1n) is 7.89. The Morgan fingerprint density at radius 1 is 0.960 bits per heavy atom. The topological polar surface area (TPSA) is 33.0 Å². The second-order valence-corrected chi connectivity index (χ2v) is 6.44. The molecule has 0 atom stereocenters. The van der Waals surface area contributed by atoms with E-state index in [-0.39, 0.29) is 0 Å². The van der Waals surface area contributed by atoms with Gasteiger partial charge in [0.05, 0.1) is 11.6 Å². The highest BCUT2D eigenvalue weighted by molar-refractivity contribution is 9.10. The number of nitrogens with zero attached hydrogens (tertiary/aromatic N) is 1. The van der Waals surface area contributed by atoms with Crippen LogP contribution in [0.15, 0.2) is 83.3 Å². The number of hydrogen-bond acceptors (Lipinski definition) is 2. The van der Waals surface area contributed by atoms with Gasteiger partial charge in [-0.3, -0.25) is 0 Å². The van der Waals surface area contributed by atoms with Gasteiger partial charge in [-0.2, -0.15) is 5.26 Å². The average Bonchev–Trinajstić information content (AvgIpc) is 2.67. The van der Waals surface area contributed by atoms with E-state index in [4.69, 9.17) is 4.74 Å². The largest absolute Gasteiger partial charge is 0.489 e. The number of benzene rings is 3. The standard InChI is InChI=1S/C22H16BrNO/c23-21-11-9-17(10-12-21)16-25-22-8-4-5-18(14-22)13-20(15-24)19-6-2-1-3-7-19/h1-14H,16H2/b20-13-. The van der Waals surface area contributed by atoms with Gasteiger partial charge in [-0.05, 0) is 47.0 Å². The van der Waals surface area contributed by atoms with E-state index in [0.717, 1.165) is 26.9 Å². The summed E-state index contributed by atoms with van der Waals surface area (Å²) in [5.74, 6) is 0.780. The van der Waals surface area contributed by atoms with E-state index in [1.54, 1.807) is 0 Å². The maximum atomic E-state index is 9.43. The molecule has 0 N–H and O–H groups in total. The van der Waals surface area contributed by atoms with Crippen LogP contribution >= 0.6 is 15.9 Å². The molecule has 3 aromatic carbocycles. The van der Waals surface area contributed by atoms with Crippen molar-refractivity contribution in [1.82, 2.24) is 0 Å². The third kappa shape index (κ3) is 4.82. The first-order chi connectivity index (χ1) is 12.2. The predicted octanol–water partition coefficient (Wildman–Crippen LogP) is 6.09. The summed E-state index contributed by atoms with van der Waals surface area (Å²) in [6.45, 7) is 0.504. The predicted molar refractivity (Wildman–Crippen MR) is 105 cm³/mol. The van der Waals surface area contributed by atoms with E-state index in [2.05, 4.69) is 22.0 Å². The summed E-state index contributed by atoms with van der Waals surface area (Å²) in [4.78, 5) is 0. The zero-order valence-electron chi connectivity index (χ0n) is 13.5. The van der Waals surface area contributed by atoms with Crippen LogP contribution in [-0.4, -0.2) is 0 Å². The van der Waals surface area contributed by atoms with Crippen LogP contribution in [-0.2, 0) is 6.61 Å². The van der Waals surface area contributed by atoms with Crippen LogP contribution < -0.4 is 4.74 Å². The zero-order valence-corrected chi connectivity index (χ0v) is 15.1. The molecule has 25 heavy (non-hydrogen) atoms. The molecule has 0 unspecified atom stereocenters. The lowest BCUT2D eigenvalue weighted by molar-refractivity contribution is 0.306. The Morgan fingerprint density at radius 3 is 2.44 bits per heavy atom. The van der Waals surface area contributed by atoms with Gasteiger partial charge < -0.3 is 4.74 Å². The third-order valence-corrected chi connectivity index (χ3v) is 4.22. The molecule has 3 rings (SSSR count). The average molecular weight is 390 g/mol. The van der Waals surface area contributed by atoms with Crippen LogP contribution in [0.1, 0.15) is 16.7 Å². The molecule has 0 amide bonds. The van der Waals surface area contributed by atoms with Crippen molar-refractivity contribution in [2.45, 2.75) is 6.61 Å². The van der Waals surface area contributed by atoms with Gasteiger partial charge in [0.25, 0.3) is 0 Å². The summed E-state index contributed by atoms with van der Waals surface area (Å²) in [7, 11) is 0. The van der Waals surface area contributed by atoms with E-state index in [0.29, 0.717) is 12.2 Å². The van der Waals surface area contributed by atoms with Crippen molar-refractivity contribution in [3.8, 4) is 11.8 Å². The van der Waals surface area contributed by atoms with E-state index >= 15 is 0 Å². The van der Waals surface area contributed by atoms with Gasteiger partial charge in [-0.1, -0.05) is 70.5 Å². The van der Waals surface area contributed by atoms with Crippen LogP contribution in [0.3, 0.4) is 0 Å². The fourth-order valence-electron chi connectivity index (χ4n) is 2.41. The molecular weight excluding hydrogens is 374 g/mol. The Bertz CT molecular complexity index is 909. The molecule has 0 bridgehead atoms. The lowest BCUT2D eigenvalue weighted by Gasteiger charge is -2.07. The van der Waals surface area contributed by atoms with Gasteiger partial charge in [0.15, 0.2) is 0 Å². The normalized spacial score (nSPS) is 11.0. The first kappa shape index (κ1) is 17.0. The van der Waals surface area contributed by atoms with Crippen LogP contribution in [0.5, 0.6) is 5.75 Å². The maximum Gasteiger partial charge on any atom is 0.120 e. The van der Waals surface area contributed by atoms with Gasteiger partial charge in [-0.25, -0.2) is 0 Å². The second-order valence-electron chi connectivity index (χ2n) is 5.52. The third-order valence-electron chi connectivity index (χ3n) is 3.69. The molecule has 0 spiro atoms. The summed E-state index contributed by atoms with van der Waals surface area (Å²) in [6.07, 6.45) is 1.88. The van der Waals surface area contributed by atoms with Crippen molar-refractivity contribution >= 4 is 27.6 Å². The number of allylic oxidation sites excluding steroid dienone is 1. The molecule has 0 aliphatic carbocycles. The van der Waals surface area contributed by atoms with E-state index in [9.17, 15) is 5.26 Å². The van der Waals surface area contributed by atoms with Crippen molar-refractivity contribution < 1.29 is 4.74 Å². The minimum Gasteiger partial charge on any atom is -0.489 e. The molecule has 0 aromatic heterocycles. The maximum absolute atomic E-state index is 9.43. The number of ether oxygens (including phenoxy) is 1. The Labute approximate surface area is 156 Å². The van der Waals surface area contributed by atoms with E-state index < -0.39 is 0 Å². The fourth-order valence-corrected chi connectivity index (χ4v) is 2.67. The highest BCUT2D eigenvalue weighted by Crippen LogP contribution is 2.21. The first-order valence-corrected chi connectivity index (χ1v) is 8.68. The lowest BCUT2D eigenvalue weighted by Crippen LogP contribution is -1.95. The zero-order chi connectivity index (χ0) is 17.5. The quantitative estimate of drug-likeness (QED) is 0.390. The molecule has 2 nitrogen and oxygen atoms in total. The smallest absolute Gasteiger partial charge is 0.120 e. The fraction of sp³-hybridized carbons (Fsp3) is 0.0455. The molecule has 0 saturated heterocycles. The van der Waals surface area contributed by atoms with Crippen molar-refractivity contribution in [2.24, 2.45) is 0 Å². The number of halogens is 1. The Hall–Kier alpha value is -2.83. The minimum atomic E-state index is 0.504. The molecule has 3 aromatic rings. The van der Waals surface area contributed by atoms with Gasteiger partial charge in [0, 0.05) is 4.47 Å². The second kappa shape index (κ2) is 8.32. The molecule has 0 fully saturated rings. The van der Waals surface area contributed by atoms with Crippen molar-refractivity contribution in [2.75, 3.05) is 0 Å². The lowest BCUT2D eigenvalue weighted by atomic mass is 10.0. The highest BCUT2D eigenvalue weighted by atomic mass is 79.9. The Balaban J connectivity index is 1.76. The molecule has 0 heterocycles. The van der Waals surface area contributed by atoms with Gasteiger partial charge in [0.2, 0.25) is 0 Å². The molecule has 0 aliphatic heterocycles. The van der Waals surface area contributed by atoms with Crippen molar-refractivity contribution in [3.05, 3.63) is 100 Å². The van der Waals surface area contributed by atoms with Gasteiger partial charge in [0.1, 0.15) is 12.4 Å². The Kier molecular flexibility index (Phi) is 5.66. The van der Waals surface area contributed by atoms with E-state index in [1.165, 1.54) is 0 Å². The van der Waals surface area contributed by atoms with Crippen molar-refractivity contribution in [3.63, 3.8) is 0 Å². The number of hydrogen-bond donors (Lipinski definition) is 0. The SMILES string of the molecule is N#C/C(=C/c1cccc(OCc2ccc(Br)cc2)c1)c1ccccc1. The molecule has 3 heteroatoms. The molecular formula is C22H16BrNO. The summed E-state index contributed by atoms with van der Waals surface area (Å²) in [5, 5.41) is 9.43. The molecule has 0 aliphatic rings. The van der Waals surface area contributed by atoms with Gasteiger partial charge in [-0.15, -0.1) is 0 Å². The van der Waals surface area contributed by atoms with Crippen molar-refractivity contribution in [1.29, 1.82) is 5.26 Å². The summed E-state index contributed by atoms with van der Waals surface area (Å²) in [6, 6.07) is 27.7. The summed E-state index contributed by atoms with van der Waals surface area (Å²) in [5.41, 5.74) is 3.58. The van der Waals surface area contributed by atoms with Crippen LogP contribution in [0, 0.1) is 11.3 Å². The van der Waals surface area contributed by atoms with Crippen LogP contribution in [0.2, 0.25) is 0 Å².